The van der Waals surface area contributed by atoms with Gasteiger partial charge in [0.15, 0.2) is 0 Å². The molecule has 1 atom stereocenters. The van der Waals surface area contributed by atoms with Crippen LogP contribution in [0.15, 0.2) is 0 Å². The van der Waals surface area contributed by atoms with Crippen LogP contribution in [0, 0.1) is 12.3 Å². The van der Waals surface area contributed by atoms with Crippen LogP contribution in [0.5, 0.6) is 0 Å². The van der Waals surface area contributed by atoms with Crippen LogP contribution in [-0.4, -0.2) is 4.83 Å². The monoisotopic (exact) mass is 177 g/mol. The quantitative estimate of drug-likeness (QED) is 0.582. The second-order valence-corrected chi connectivity index (χ2v) is 4.06. The first kappa shape index (κ1) is 8.48. The molecule has 0 bridgehead atoms. The molecule has 0 rings (SSSR count). The van der Waals surface area contributed by atoms with Gasteiger partial charge in [0.1, 0.15) is 0 Å². The van der Waals surface area contributed by atoms with Crippen molar-refractivity contribution in [2.75, 3.05) is 0 Å². The minimum absolute atomic E-state index is 0.643. The Bertz CT molecular complexity index is 40.3. The molecule has 1 heteroatoms. The van der Waals surface area contributed by atoms with Crippen molar-refractivity contribution in [3.63, 3.8) is 0 Å². The third kappa shape index (κ3) is 6.48. The summed E-state index contributed by atoms with van der Waals surface area (Å²) in [5.74, 6) is 0.731. The average Bonchev–Trinajstić information content (AvgIpc) is 1.61. The van der Waals surface area contributed by atoms with E-state index in [0.29, 0.717) is 4.83 Å². The van der Waals surface area contributed by atoms with Crippen LogP contribution in [-0.2, 0) is 0 Å². The minimum Gasteiger partial charge on any atom is -0.0894 e. The van der Waals surface area contributed by atoms with Gasteiger partial charge < -0.3 is 0 Å². The summed E-state index contributed by atoms with van der Waals surface area (Å²) >= 11 is 3.47. The molecule has 8 heavy (non-hydrogen) atoms. The largest absolute Gasteiger partial charge is 0.0894 e. The molecule has 49 valence electrons. The van der Waals surface area contributed by atoms with E-state index in [9.17, 15) is 0 Å². The molecule has 0 saturated carbocycles. The molecule has 0 spiro atoms. The van der Waals surface area contributed by atoms with E-state index in [-0.39, 0.29) is 0 Å². The third-order valence-corrected chi connectivity index (χ3v) is 1.31. The molecule has 1 radical (unpaired) electrons. The molecule has 0 fully saturated rings. The molecule has 0 aromatic rings. The Kier molecular flexibility index (Phi) is 4.63. The molecular formula is C7H14Br. The van der Waals surface area contributed by atoms with Crippen molar-refractivity contribution in [2.45, 2.75) is 32.0 Å². The van der Waals surface area contributed by atoms with Crippen molar-refractivity contribution in [3.05, 3.63) is 6.42 Å². The van der Waals surface area contributed by atoms with Crippen LogP contribution in [0.3, 0.4) is 0 Å². The van der Waals surface area contributed by atoms with Gasteiger partial charge in [-0.05, 0) is 18.8 Å². The van der Waals surface area contributed by atoms with Gasteiger partial charge in [0, 0.05) is 4.83 Å². The number of halogens is 1. The van der Waals surface area contributed by atoms with Crippen molar-refractivity contribution in [1.82, 2.24) is 0 Å². The second-order valence-electron chi connectivity index (χ2n) is 2.50. The van der Waals surface area contributed by atoms with Crippen LogP contribution in [0.25, 0.3) is 0 Å². The topological polar surface area (TPSA) is 0 Å². The van der Waals surface area contributed by atoms with Crippen LogP contribution in [0.1, 0.15) is 27.2 Å². The third-order valence-electron chi connectivity index (χ3n) is 0.932. The van der Waals surface area contributed by atoms with E-state index in [1.807, 2.05) is 0 Å². The van der Waals surface area contributed by atoms with Crippen LogP contribution < -0.4 is 0 Å². The normalized spacial score (nSPS) is 14.6. The average molecular weight is 178 g/mol. The lowest BCUT2D eigenvalue weighted by Crippen LogP contribution is -1.94. The molecule has 0 heterocycles. The maximum Gasteiger partial charge on any atom is 0.0120 e. The van der Waals surface area contributed by atoms with Crippen molar-refractivity contribution >= 4 is 15.9 Å². The molecule has 0 aromatic carbocycles. The Morgan fingerprint density at radius 2 is 1.88 bits per heavy atom. The van der Waals surface area contributed by atoms with Gasteiger partial charge in [-0.25, -0.2) is 0 Å². The highest BCUT2D eigenvalue weighted by atomic mass is 79.9. The molecule has 0 nitrogen and oxygen atoms in total. The number of hydrogen-bond donors (Lipinski definition) is 0. The van der Waals surface area contributed by atoms with Crippen molar-refractivity contribution in [1.29, 1.82) is 0 Å². The maximum atomic E-state index is 3.47. The van der Waals surface area contributed by atoms with Gasteiger partial charge in [-0.1, -0.05) is 36.7 Å². The molecule has 0 saturated heterocycles. The number of hydrogen-bond acceptors (Lipinski definition) is 0. The Morgan fingerprint density at radius 1 is 1.38 bits per heavy atom. The Hall–Kier alpha value is 0.480. The number of rotatable bonds is 3. The molecule has 1 unspecified atom stereocenters. The summed E-state index contributed by atoms with van der Waals surface area (Å²) in [6, 6.07) is 0. The lowest BCUT2D eigenvalue weighted by atomic mass is 10.1. The molecule has 0 aliphatic carbocycles. The lowest BCUT2D eigenvalue weighted by molar-refractivity contribution is 0.701. The summed E-state index contributed by atoms with van der Waals surface area (Å²) in [4.78, 5) is 0.643. The van der Waals surface area contributed by atoms with Crippen molar-refractivity contribution < 1.29 is 0 Å². The zero-order valence-electron chi connectivity index (χ0n) is 5.82. The Balaban J connectivity index is 2.93. The van der Waals surface area contributed by atoms with Crippen LogP contribution in [0.2, 0.25) is 0 Å². The first-order chi connectivity index (χ1) is 3.63. The van der Waals surface area contributed by atoms with E-state index in [4.69, 9.17) is 0 Å². The predicted octanol–water partition coefficient (Wildman–Crippen LogP) is 3.02. The van der Waals surface area contributed by atoms with Crippen molar-refractivity contribution in [2.24, 2.45) is 5.92 Å². The van der Waals surface area contributed by atoms with E-state index in [0.717, 1.165) is 5.92 Å². The van der Waals surface area contributed by atoms with Gasteiger partial charge in [0.25, 0.3) is 0 Å². The summed E-state index contributed by atoms with van der Waals surface area (Å²) in [6.45, 7) is 6.57. The van der Waals surface area contributed by atoms with Gasteiger partial charge in [0.05, 0.1) is 0 Å². The zero-order chi connectivity index (χ0) is 6.57. The van der Waals surface area contributed by atoms with E-state index >= 15 is 0 Å². The molecule has 0 amide bonds. The van der Waals surface area contributed by atoms with Gasteiger partial charge >= 0.3 is 0 Å². The number of alkyl halides is 1. The molecule has 0 N–H and O–H groups in total. The second kappa shape index (κ2) is 4.37. The molecule has 0 aliphatic heterocycles. The van der Waals surface area contributed by atoms with Gasteiger partial charge in [0.2, 0.25) is 0 Å². The first-order valence-electron chi connectivity index (χ1n) is 3.10. The fourth-order valence-electron chi connectivity index (χ4n) is 0.460. The summed E-state index contributed by atoms with van der Waals surface area (Å²) in [7, 11) is 0. The fourth-order valence-corrected chi connectivity index (χ4v) is 0.676. The van der Waals surface area contributed by atoms with Crippen molar-refractivity contribution in [3.8, 4) is 0 Å². The predicted molar refractivity (Wildman–Crippen MR) is 42.1 cm³/mol. The standard InChI is InChI=1S/C7H14Br/c1-6(2)4-5-7(3)8/h4,6-7H,5H2,1-3H3. The summed E-state index contributed by atoms with van der Waals surface area (Å²) in [5, 5.41) is 0. The molecular weight excluding hydrogens is 164 g/mol. The maximum absolute atomic E-state index is 3.47. The highest BCUT2D eigenvalue weighted by Crippen LogP contribution is 2.10. The van der Waals surface area contributed by atoms with E-state index in [1.165, 1.54) is 6.42 Å². The highest BCUT2D eigenvalue weighted by molar-refractivity contribution is 9.09. The molecule has 0 aliphatic rings. The van der Waals surface area contributed by atoms with E-state index in [2.05, 4.69) is 43.1 Å². The Morgan fingerprint density at radius 3 is 2.00 bits per heavy atom. The van der Waals surface area contributed by atoms with Crippen LogP contribution in [0.4, 0.5) is 0 Å². The van der Waals surface area contributed by atoms with Gasteiger partial charge in [-0.15, -0.1) is 0 Å². The first-order valence-corrected chi connectivity index (χ1v) is 4.02. The summed E-state index contributed by atoms with van der Waals surface area (Å²) in [5.41, 5.74) is 0. The lowest BCUT2D eigenvalue weighted by Gasteiger charge is -2.03. The highest BCUT2D eigenvalue weighted by Gasteiger charge is 1.97. The molecule has 0 aromatic heterocycles. The zero-order valence-corrected chi connectivity index (χ0v) is 7.40. The van der Waals surface area contributed by atoms with E-state index < -0.39 is 0 Å². The SMILES string of the molecule is CC(C)[CH]CC(C)Br. The van der Waals surface area contributed by atoms with Crippen LogP contribution >= 0.6 is 15.9 Å². The van der Waals surface area contributed by atoms with Gasteiger partial charge in [-0.3, -0.25) is 0 Å². The minimum atomic E-state index is 0.643. The Labute approximate surface area is 60.8 Å². The summed E-state index contributed by atoms with van der Waals surface area (Å²) in [6.07, 6.45) is 3.50. The smallest absolute Gasteiger partial charge is 0.0120 e. The summed E-state index contributed by atoms with van der Waals surface area (Å²) < 4.78 is 0. The van der Waals surface area contributed by atoms with E-state index in [1.54, 1.807) is 0 Å². The van der Waals surface area contributed by atoms with Gasteiger partial charge in [-0.2, -0.15) is 0 Å². The fraction of sp³-hybridized carbons (Fsp3) is 0.857.